The topological polar surface area (TPSA) is 76.9 Å². The highest BCUT2D eigenvalue weighted by Gasteiger charge is 2.07. The lowest BCUT2D eigenvalue weighted by molar-refractivity contribution is 0.866. The van der Waals surface area contributed by atoms with E-state index in [1.807, 2.05) is 24.3 Å². The van der Waals surface area contributed by atoms with E-state index in [-0.39, 0.29) is 0 Å². The molecule has 6 nitrogen and oxygen atoms in total. The van der Waals surface area contributed by atoms with E-state index in [4.69, 9.17) is 0 Å². The van der Waals surface area contributed by atoms with E-state index in [0.29, 0.717) is 17.2 Å². The first-order chi connectivity index (χ1) is 13.6. The summed E-state index contributed by atoms with van der Waals surface area (Å²) < 4.78 is 0. The van der Waals surface area contributed by atoms with Gasteiger partial charge < -0.3 is 15.5 Å². The SMILES string of the molecule is CCN(CC)c1ccc(Nc2cc(Nc3ccccc3C#N)ncn2)c(C)c1. The number of hydrogen-bond acceptors (Lipinski definition) is 6. The van der Waals surface area contributed by atoms with Crippen molar-refractivity contribution < 1.29 is 0 Å². The van der Waals surface area contributed by atoms with E-state index in [9.17, 15) is 5.26 Å². The van der Waals surface area contributed by atoms with Crippen LogP contribution < -0.4 is 15.5 Å². The molecule has 0 fully saturated rings. The normalized spacial score (nSPS) is 10.2. The third-order valence-corrected chi connectivity index (χ3v) is 4.58. The van der Waals surface area contributed by atoms with Crippen molar-refractivity contribution in [1.29, 1.82) is 5.26 Å². The van der Waals surface area contributed by atoms with Crippen LogP contribution in [0.25, 0.3) is 0 Å². The summed E-state index contributed by atoms with van der Waals surface area (Å²) in [5.74, 6) is 1.31. The number of rotatable bonds is 7. The first-order valence-corrected chi connectivity index (χ1v) is 9.35. The van der Waals surface area contributed by atoms with E-state index >= 15 is 0 Å². The van der Waals surface area contributed by atoms with Gasteiger partial charge in [0.2, 0.25) is 0 Å². The lowest BCUT2D eigenvalue weighted by Gasteiger charge is -2.22. The zero-order chi connectivity index (χ0) is 19.9. The fourth-order valence-electron chi connectivity index (χ4n) is 3.03. The smallest absolute Gasteiger partial charge is 0.135 e. The molecule has 0 bridgehead atoms. The zero-order valence-corrected chi connectivity index (χ0v) is 16.4. The third kappa shape index (κ3) is 4.38. The van der Waals surface area contributed by atoms with Gasteiger partial charge in [0.05, 0.1) is 11.3 Å². The van der Waals surface area contributed by atoms with Gasteiger partial charge >= 0.3 is 0 Å². The largest absolute Gasteiger partial charge is 0.372 e. The van der Waals surface area contributed by atoms with Gasteiger partial charge in [-0.1, -0.05) is 12.1 Å². The van der Waals surface area contributed by atoms with Gasteiger partial charge in [-0.3, -0.25) is 0 Å². The first kappa shape index (κ1) is 19.2. The van der Waals surface area contributed by atoms with Crippen LogP contribution in [0.4, 0.5) is 28.7 Å². The van der Waals surface area contributed by atoms with Crippen molar-refractivity contribution in [2.45, 2.75) is 20.8 Å². The third-order valence-electron chi connectivity index (χ3n) is 4.58. The molecule has 6 heteroatoms. The summed E-state index contributed by atoms with van der Waals surface area (Å²) in [5.41, 5.74) is 4.64. The van der Waals surface area contributed by atoms with E-state index < -0.39 is 0 Å². The number of benzene rings is 2. The molecule has 0 saturated carbocycles. The van der Waals surface area contributed by atoms with Crippen LogP contribution in [0.5, 0.6) is 0 Å². The molecule has 3 aromatic rings. The Morgan fingerprint density at radius 1 is 0.929 bits per heavy atom. The molecule has 142 valence electrons. The molecule has 0 radical (unpaired) electrons. The van der Waals surface area contributed by atoms with Gasteiger partial charge in [0.25, 0.3) is 0 Å². The van der Waals surface area contributed by atoms with Crippen molar-refractivity contribution >= 4 is 28.7 Å². The Balaban J connectivity index is 1.79. The average molecular weight is 372 g/mol. The molecule has 3 rings (SSSR count). The van der Waals surface area contributed by atoms with Crippen molar-refractivity contribution in [3.05, 3.63) is 66.0 Å². The maximum Gasteiger partial charge on any atom is 0.135 e. The summed E-state index contributed by atoms with van der Waals surface area (Å²) in [6.07, 6.45) is 1.50. The van der Waals surface area contributed by atoms with E-state index in [0.717, 1.165) is 30.0 Å². The highest BCUT2D eigenvalue weighted by Crippen LogP contribution is 2.26. The zero-order valence-electron chi connectivity index (χ0n) is 16.4. The fraction of sp³-hybridized carbons (Fsp3) is 0.227. The maximum absolute atomic E-state index is 9.23. The van der Waals surface area contributed by atoms with E-state index in [2.05, 4.69) is 70.5 Å². The molecule has 0 unspecified atom stereocenters. The Morgan fingerprint density at radius 2 is 1.61 bits per heavy atom. The van der Waals surface area contributed by atoms with Crippen molar-refractivity contribution in [2.24, 2.45) is 0 Å². The number of aryl methyl sites for hydroxylation is 1. The summed E-state index contributed by atoms with van der Waals surface area (Å²) in [5, 5.41) is 15.8. The van der Waals surface area contributed by atoms with Crippen LogP contribution in [0.1, 0.15) is 25.0 Å². The van der Waals surface area contributed by atoms with Crippen LogP contribution in [0.15, 0.2) is 54.9 Å². The predicted molar refractivity (Wildman–Crippen MR) is 114 cm³/mol. The summed E-state index contributed by atoms with van der Waals surface area (Å²) in [6, 6.07) is 17.7. The van der Waals surface area contributed by atoms with Crippen LogP contribution in [-0.4, -0.2) is 23.1 Å². The van der Waals surface area contributed by atoms with Gasteiger partial charge in [0.15, 0.2) is 0 Å². The minimum Gasteiger partial charge on any atom is -0.372 e. The number of hydrogen-bond donors (Lipinski definition) is 2. The quantitative estimate of drug-likeness (QED) is 0.608. The molecular formula is C22H24N6. The minimum absolute atomic E-state index is 0.568. The summed E-state index contributed by atoms with van der Waals surface area (Å²) in [7, 11) is 0. The number of nitrogens with one attached hydrogen (secondary N) is 2. The van der Waals surface area contributed by atoms with Crippen LogP contribution in [0, 0.1) is 18.3 Å². The number of aromatic nitrogens is 2. The van der Waals surface area contributed by atoms with Crippen LogP contribution in [0.2, 0.25) is 0 Å². The van der Waals surface area contributed by atoms with Gasteiger partial charge in [0.1, 0.15) is 24.0 Å². The van der Waals surface area contributed by atoms with Crippen molar-refractivity contribution in [3.8, 4) is 6.07 Å². The second-order valence-electron chi connectivity index (χ2n) is 6.37. The first-order valence-electron chi connectivity index (χ1n) is 9.35. The molecule has 0 aliphatic rings. The van der Waals surface area contributed by atoms with Gasteiger partial charge in [0, 0.05) is 30.5 Å². The number of anilines is 5. The Labute approximate surface area is 165 Å². The van der Waals surface area contributed by atoms with E-state index in [1.54, 1.807) is 6.07 Å². The monoisotopic (exact) mass is 372 g/mol. The molecule has 0 aliphatic heterocycles. The summed E-state index contributed by atoms with van der Waals surface area (Å²) >= 11 is 0. The second-order valence-corrected chi connectivity index (χ2v) is 6.37. The van der Waals surface area contributed by atoms with Crippen LogP contribution in [-0.2, 0) is 0 Å². The minimum atomic E-state index is 0.568. The predicted octanol–water partition coefficient (Wildman–Crippen LogP) is 4.99. The molecule has 2 aromatic carbocycles. The molecule has 28 heavy (non-hydrogen) atoms. The molecule has 0 saturated heterocycles. The van der Waals surface area contributed by atoms with Crippen molar-refractivity contribution in [3.63, 3.8) is 0 Å². The Kier molecular flexibility index (Phi) is 6.07. The van der Waals surface area contributed by atoms with Gasteiger partial charge in [-0.05, 0) is 56.7 Å². The van der Waals surface area contributed by atoms with Crippen LogP contribution in [0.3, 0.4) is 0 Å². The number of nitriles is 1. The second kappa shape index (κ2) is 8.87. The van der Waals surface area contributed by atoms with Gasteiger partial charge in [-0.2, -0.15) is 5.26 Å². The standard InChI is InChI=1S/C22H24N6/c1-4-28(5-2)18-10-11-19(16(3)12-18)26-21-13-22(25-15-24-21)27-20-9-7-6-8-17(20)14-23/h6-13,15H,4-5H2,1-3H3,(H2,24,25,26,27). The summed E-state index contributed by atoms with van der Waals surface area (Å²) in [4.78, 5) is 10.9. The number of para-hydroxylation sites is 1. The molecule has 1 heterocycles. The van der Waals surface area contributed by atoms with Gasteiger partial charge in [-0.25, -0.2) is 9.97 Å². The summed E-state index contributed by atoms with van der Waals surface area (Å²) in [6.45, 7) is 8.36. The molecule has 2 N–H and O–H groups in total. The van der Waals surface area contributed by atoms with Crippen molar-refractivity contribution in [1.82, 2.24) is 9.97 Å². The molecule has 1 aromatic heterocycles. The molecule has 0 spiro atoms. The van der Waals surface area contributed by atoms with E-state index in [1.165, 1.54) is 12.0 Å². The Morgan fingerprint density at radius 3 is 2.25 bits per heavy atom. The fourth-order valence-corrected chi connectivity index (χ4v) is 3.03. The molecule has 0 aliphatic carbocycles. The highest BCUT2D eigenvalue weighted by molar-refractivity contribution is 5.69. The maximum atomic E-state index is 9.23. The molecule has 0 atom stereocenters. The Hall–Kier alpha value is -3.59. The van der Waals surface area contributed by atoms with Gasteiger partial charge in [-0.15, -0.1) is 0 Å². The van der Waals surface area contributed by atoms with Crippen LogP contribution >= 0.6 is 0 Å². The number of nitrogens with zero attached hydrogens (tertiary/aromatic N) is 4. The van der Waals surface area contributed by atoms with Crippen molar-refractivity contribution in [2.75, 3.05) is 28.6 Å². The Bertz CT molecular complexity index is 988. The molecule has 0 amide bonds. The average Bonchev–Trinajstić information content (AvgIpc) is 2.71. The lowest BCUT2D eigenvalue weighted by atomic mass is 10.1. The molecular weight excluding hydrogens is 348 g/mol. The lowest BCUT2D eigenvalue weighted by Crippen LogP contribution is -2.21. The highest BCUT2D eigenvalue weighted by atomic mass is 15.1.